The molecule has 3 nitrogen and oxygen atoms in total. The molecule has 2 aromatic carbocycles. The molecule has 5 heteroatoms. The van der Waals surface area contributed by atoms with Crippen LogP contribution in [0.2, 0.25) is 5.02 Å². The van der Waals surface area contributed by atoms with Gasteiger partial charge in [-0.15, -0.1) is 10.2 Å². The normalized spacial score (nSPS) is 11.7. The summed E-state index contributed by atoms with van der Waals surface area (Å²) in [6.45, 7) is 6.58. The average Bonchev–Trinajstić information content (AvgIpc) is 3.02. The molecule has 0 fully saturated rings. The highest BCUT2D eigenvalue weighted by Crippen LogP contribution is 2.29. The van der Waals surface area contributed by atoms with Crippen LogP contribution in [0.1, 0.15) is 31.9 Å². The molecular weight excluding hydrogens is 340 g/mol. The van der Waals surface area contributed by atoms with Crippen molar-refractivity contribution in [3.63, 3.8) is 0 Å². The Kier molecular flexibility index (Phi) is 4.97. The van der Waals surface area contributed by atoms with Crippen molar-refractivity contribution in [1.82, 2.24) is 10.2 Å². The molecule has 0 bridgehead atoms. The molecule has 0 aliphatic heterocycles. The lowest BCUT2D eigenvalue weighted by molar-refractivity contribution is 0.466. The molecule has 0 saturated heterocycles. The standard InChI is InChI=1S/C19H19ClN2OS/c1-19(2,3)15-10-8-13(9-11-15)17-21-22-18(23-17)24-12-14-6-4-5-7-16(14)20/h4-11H,12H2,1-3H3. The molecule has 0 N–H and O–H groups in total. The van der Waals surface area contributed by atoms with Gasteiger partial charge in [0, 0.05) is 16.3 Å². The topological polar surface area (TPSA) is 38.9 Å². The van der Waals surface area contributed by atoms with E-state index >= 15 is 0 Å². The minimum Gasteiger partial charge on any atom is -0.411 e. The van der Waals surface area contributed by atoms with Crippen LogP contribution in [-0.2, 0) is 11.2 Å². The van der Waals surface area contributed by atoms with Gasteiger partial charge in [-0.2, -0.15) is 0 Å². The van der Waals surface area contributed by atoms with Crippen LogP contribution in [0.3, 0.4) is 0 Å². The number of hydrogen-bond donors (Lipinski definition) is 0. The third-order valence-corrected chi connectivity index (χ3v) is 4.95. The first-order valence-corrected chi connectivity index (χ1v) is 9.10. The van der Waals surface area contributed by atoms with E-state index in [1.54, 1.807) is 0 Å². The molecule has 0 aliphatic rings. The molecule has 0 radical (unpaired) electrons. The highest BCUT2D eigenvalue weighted by molar-refractivity contribution is 7.98. The molecule has 3 aromatic rings. The van der Waals surface area contributed by atoms with Gasteiger partial charge in [0.1, 0.15) is 0 Å². The molecule has 124 valence electrons. The fourth-order valence-corrected chi connectivity index (χ4v) is 3.30. The number of benzene rings is 2. The molecule has 0 unspecified atom stereocenters. The summed E-state index contributed by atoms with van der Waals surface area (Å²) in [5, 5.41) is 9.55. The molecular formula is C19H19ClN2OS. The van der Waals surface area contributed by atoms with Gasteiger partial charge in [0.05, 0.1) is 0 Å². The van der Waals surface area contributed by atoms with Gasteiger partial charge >= 0.3 is 0 Å². The lowest BCUT2D eigenvalue weighted by atomic mass is 9.87. The van der Waals surface area contributed by atoms with Crippen molar-refractivity contribution in [2.75, 3.05) is 0 Å². The largest absolute Gasteiger partial charge is 0.411 e. The lowest BCUT2D eigenvalue weighted by Gasteiger charge is -2.18. The monoisotopic (exact) mass is 358 g/mol. The van der Waals surface area contributed by atoms with E-state index in [0.717, 1.165) is 16.1 Å². The number of rotatable bonds is 4. The van der Waals surface area contributed by atoms with Gasteiger partial charge in [0.2, 0.25) is 5.89 Å². The Morgan fingerprint density at radius 1 is 1.00 bits per heavy atom. The Hall–Kier alpha value is -1.78. The third kappa shape index (κ3) is 4.00. The molecule has 1 heterocycles. The van der Waals surface area contributed by atoms with E-state index in [2.05, 4.69) is 43.1 Å². The summed E-state index contributed by atoms with van der Waals surface area (Å²) >= 11 is 7.65. The molecule has 0 aliphatic carbocycles. The fourth-order valence-electron chi connectivity index (χ4n) is 2.25. The smallest absolute Gasteiger partial charge is 0.277 e. The van der Waals surface area contributed by atoms with Crippen molar-refractivity contribution in [2.24, 2.45) is 0 Å². The third-order valence-electron chi connectivity index (χ3n) is 3.71. The highest BCUT2D eigenvalue weighted by Gasteiger charge is 2.15. The van der Waals surface area contributed by atoms with Gasteiger partial charge in [-0.1, -0.05) is 74.5 Å². The van der Waals surface area contributed by atoms with E-state index in [1.165, 1.54) is 17.3 Å². The van der Waals surface area contributed by atoms with Gasteiger partial charge in [0.25, 0.3) is 5.22 Å². The summed E-state index contributed by atoms with van der Waals surface area (Å²) in [4.78, 5) is 0. The fraction of sp³-hybridized carbons (Fsp3) is 0.263. The van der Waals surface area contributed by atoms with Crippen LogP contribution in [0, 0.1) is 0 Å². The lowest BCUT2D eigenvalue weighted by Crippen LogP contribution is -2.10. The van der Waals surface area contributed by atoms with Crippen LogP contribution in [0.5, 0.6) is 0 Å². The van der Waals surface area contributed by atoms with Crippen LogP contribution in [-0.4, -0.2) is 10.2 Å². The zero-order valence-corrected chi connectivity index (χ0v) is 15.5. The minimum absolute atomic E-state index is 0.128. The van der Waals surface area contributed by atoms with Crippen molar-refractivity contribution in [2.45, 2.75) is 37.2 Å². The SMILES string of the molecule is CC(C)(C)c1ccc(-c2nnc(SCc3ccccc3Cl)o2)cc1. The maximum absolute atomic E-state index is 6.16. The number of nitrogens with zero attached hydrogens (tertiary/aromatic N) is 2. The zero-order valence-electron chi connectivity index (χ0n) is 13.9. The maximum Gasteiger partial charge on any atom is 0.277 e. The molecule has 0 amide bonds. The van der Waals surface area contributed by atoms with Crippen LogP contribution in [0.4, 0.5) is 0 Å². The Morgan fingerprint density at radius 2 is 1.71 bits per heavy atom. The van der Waals surface area contributed by atoms with Crippen LogP contribution >= 0.6 is 23.4 Å². The highest BCUT2D eigenvalue weighted by atomic mass is 35.5. The second-order valence-electron chi connectivity index (χ2n) is 6.58. The molecule has 24 heavy (non-hydrogen) atoms. The number of thioether (sulfide) groups is 1. The van der Waals surface area contributed by atoms with E-state index in [0.29, 0.717) is 16.9 Å². The van der Waals surface area contributed by atoms with E-state index < -0.39 is 0 Å². The van der Waals surface area contributed by atoms with E-state index in [4.69, 9.17) is 16.0 Å². The number of halogens is 1. The van der Waals surface area contributed by atoms with Crippen molar-refractivity contribution in [3.8, 4) is 11.5 Å². The van der Waals surface area contributed by atoms with Gasteiger partial charge in [-0.05, 0) is 34.7 Å². The Balaban J connectivity index is 1.70. The van der Waals surface area contributed by atoms with Crippen LogP contribution in [0.25, 0.3) is 11.5 Å². The van der Waals surface area contributed by atoms with Crippen molar-refractivity contribution < 1.29 is 4.42 Å². The van der Waals surface area contributed by atoms with Crippen molar-refractivity contribution in [3.05, 3.63) is 64.7 Å². The van der Waals surface area contributed by atoms with Crippen LogP contribution in [0.15, 0.2) is 58.2 Å². The van der Waals surface area contributed by atoms with Crippen LogP contribution < -0.4 is 0 Å². The van der Waals surface area contributed by atoms with E-state index in [1.807, 2.05) is 36.4 Å². The quantitative estimate of drug-likeness (QED) is 0.538. The average molecular weight is 359 g/mol. The predicted octanol–water partition coefficient (Wildman–Crippen LogP) is 5.98. The number of hydrogen-bond acceptors (Lipinski definition) is 4. The van der Waals surface area contributed by atoms with Gasteiger partial charge < -0.3 is 4.42 Å². The summed E-state index contributed by atoms with van der Waals surface area (Å²) in [6, 6.07) is 16.0. The summed E-state index contributed by atoms with van der Waals surface area (Å²) in [5.41, 5.74) is 3.39. The number of aromatic nitrogens is 2. The van der Waals surface area contributed by atoms with Crippen molar-refractivity contribution in [1.29, 1.82) is 0 Å². The van der Waals surface area contributed by atoms with Gasteiger partial charge in [-0.25, -0.2) is 0 Å². The zero-order chi connectivity index (χ0) is 17.2. The predicted molar refractivity (Wildman–Crippen MR) is 99.4 cm³/mol. The molecule has 0 saturated carbocycles. The first-order valence-electron chi connectivity index (χ1n) is 7.74. The second-order valence-corrected chi connectivity index (χ2v) is 7.91. The summed E-state index contributed by atoms with van der Waals surface area (Å²) in [7, 11) is 0. The van der Waals surface area contributed by atoms with E-state index in [-0.39, 0.29) is 5.41 Å². The maximum atomic E-state index is 6.16. The van der Waals surface area contributed by atoms with Gasteiger partial charge in [0.15, 0.2) is 0 Å². The Bertz CT molecular complexity index is 822. The molecule has 0 atom stereocenters. The first kappa shape index (κ1) is 17.1. The minimum atomic E-state index is 0.128. The Labute approximate surface area is 151 Å². The summed E-state index contributed by atoms with van der Waals surface area (Å²) in [5.74, 6) is 1.24. The first-order chi connectivity index (χ1) is 11.4. The Morgan fingerprint density at radius 3 is 2.38 bits per heavy atom. The van der Waals surface area contributed by atoms with Gasteiger partial charge in [-0.3, -0.25) is 0 Å². The summed E-state index contributed by atoms with van der Waals surface area (Å²) < 4.78 is 5.75. The van der Waals surface area contributed by atoms with Crippen molar-refractivity contribution >= 4 is 23.4 Å². The van der Waals surface area contributed by atoms with E-state index in [9.17, 15) is 0 Å². The second kappa shape index (κ2) is 6.99. The molecule has 1 aromatic heterocycles. The molecule has 3 rings (SSSR count). The molecule has 0 spiro atoms. The summed E-state index contributed by atoms with van der Waals surface area (Å²) in [6.07, 6.45) is 0.